The maximum absolute atomic E-state index is 13.1. The third-order valence-corrected chi connectivity index (χ3v) is 4.98. The number of hydrogen-bond acceptors (Lipinski definition) is 2. The second kappa shape index (κ2) is 8.44. The lowest BCUT2D eigenvalue weighted by Crippen LogP contribution is -2.53. The molecule has 142 valence electrons. The topological polar surface area (TPSA) is 61.4 Å². The molecule has 6 heteroatoms. The number of carbonyl (C=O) groups excluding carboxylic acids is 2. The van der Waals surface area contributed by atoms with Gasteiger partial charge in [0.2, 0.25) is 5.91 Å². The number of anilines is 1. The highest BCUT2D eigenvalue weighted by Crippen LogP contribution is 2.20. The van der Waals surface area contributed by atoms with Crippen LogP contribution in [0.1, 0.15) is 25.0 Å². The quantitative estimate of drug-likeness (QED) is 0.833. The lowest BCUT2D eigenvalue weighted by molar-refractivity contribution is -0.135. The summed E-state index contributed by atoms with van der Waals surface area (Å²) >= 11 is 5.95. The van der Waals surface area contributed by atoms with E-state index in [4.69, 9.17) is 11.6 Å². The summed E-state index contributed by atoms with van der Waals surface area (Å²) in [6.45, 7) is 5.10. The summed E-state index contributed by atoms with van der Waals surface area (Å²) in [5.74, 6) is -0.0828. The number of amides is 3. The Morgan fingerprint density at radius 2 is 1.81 bits per heavy atom. The number of fused-ring (bicyclic) bond motifs is 1. The summed E-state index contributed by atoms with van der Waals surface area (Å²) in [5, 5.41) is 6.10. The highest BCUT2D eigenvalue weighted by Gasteiger charge is 2.30. The van der Waals surface area contributed by atoms with Crippen LogP contribution in [0.15, 0.2) is 48.5 Å². The lowest BCUT2D eigenvalue weighted by atomic mass is 9.97. The van der Waals surface area contributed by atoms with Gasteiger partial charge in [-0.2, -0.15) is 0 Å². The SMILES string of the molecule is CC(C)[C@@H](NC(=O)Nc1cccc(Cl)c1)C(=O)N1CCc2ccccc2C1. The molecule has 1 aliphatic heterocycles. The molecule has 0 fully saturated rings. The van der Waals surface area contributed by atoms with Crippen LogP contribution in [0.25, 0.3) is 0 Å². The normalized spacial score (nSPS) is 14.4. The van der Waals surface area contributed by atoms with Crippen LogP contribution in [0.4, 0.5) is 10.5 Å². The Hall–Kier alpha value is -2.53. The van der Waals surface area contributed by atoms with Gasteiger partial charge in [0.15, 0.2) is 0 Å². The van der Waals surface area contributed by atoms with E-state index in [1.165, 1.54) is 11.1 Å². The van der Waals surface area contributed by atoms with Gasteiger partial charge in [0.25, 0.3) is 0 Å². The minimum Gasteiger partial charge on any atom is -0.336 e. The summed E-state index contributed by atoms with van der Waals surface area (Å²) in [4.78, 5) is 27.3. The number of nitrogens with one attached hydrogen (secondary N) is 2. The van der Waals surface area contributed by atoms with Gasteiger partial charge < -0.3 is 15.5 Å². The van der Waals surface area contributed by atoms with Gasteiger partial charge in [-0.25, -0.2) is 4.79 Å². The summed E-state index contributed by atoms with van der Waals surface area (Å²) in [7, 11) is 0. The second-order valence-corrected chi connectivity index (χ2v) is 7.55. The van der Waals surface area contributed by atoms with E-state index in [0.29, 0.717) is 23.8 Å². The molecule has 0 radical (unpaired) electrons. The van der Waals surface area contributed by atoms with Crippen LogP contribution >= 0.6 is 11.6 Å². The first-order chi connectivity index (χ1) is 12.9. The van der Waals surface area contributed by atoms with Crippen molar-refractivity contribution in [3.63, 3.8) is 0 Å². The standard InChI is InChI=1S/C21H24ClN3O2/c1-14(2)19(24-21(27)23-18-9-5-8-17(22)12-18)20(26)25-11-10-15-6-3-4-7-16(15)13-25/h3-9,12,14,19H,10-11,13H2,1-2H3,(H2,23,24,27)/t19-/m1/s1. The van der Waals surface area contributed by atoms with Gasteiger partial charge in [-0.1, -0.05) is 55.8 Å². The smallest absolute Gasteiger partial charge is 0.319 e. The van der Waals surface area contributed by atoms with Crippen LogP contribution in [-0.4, -0.2) is 29.4 Å². The molecule has 0 saturated heterocycles. The summed E-state index contributed by atoms with van der Waals surface area (Å²) in [6, 6.07) is 14.1. The van der Waals surface area contributed by atoms with Gasteiger partial charge in [0.1, 0.15) is 6.04 Å². The largest absolute Gasteiger partial charge is 0.336 e. The first kappa shape index (κ1) is 19.2. The van der Waals surface area contributed by atoms with Gasteiger partial charge in [0.05, 0.1) is 0 Å². The van der Waals surface area contributed by atoms with Crippen molar-refractivity contribution in [2.45, 2.75) is 32.9 Å². The third kappa shape index (κ3) is 4.80. The number of nitrogens with zero attached hydrogens (tertiary/aromatic N) is 1. The Bertz CT molecular complexity index is 838. The van der Waals surface area contributed by atoms with Gasteiger partial charge >= 0.3 is 6.03 Å². The molecule has 0 saturated carbocycles. The van der Waals surface area contributed by atoms with Crippen LogP contribution in [0, 0.1) is 5.92 Å². The van der Waals surface area contributed by atoms with E-state index in [1.807, 2.05) is 30.9 Å². The highest BCUT2D eigenvalue weighted by atomic mass is 35.5. The number of carbonyl (C=O) groups is 2. The van der Waals surface area contributed by atoms with E-state index >= 15 is 0 Å². The number of rotatable bonds is 4. The van der Waals surface area contributed by atoms with E-state index < -0.39 is 12.1 Å². The van der Waals surface area contributed by atoms with Crippen LogP contribution in [-0.2, 0) is 17.8 Å². The van der Waals surface area contributed by atoms with Gasteiger partial charge in [-0.05, 0) is 41.7 Å². The summed E-state index contributed by atoms with van der Waals surface area (Å²) in [5.41, 5.74) is 3.04. The van der Waals surface area contributed by atoms with Crippen molar-refractivity contribution in [3.05, 3.63) is 64.7 Å². The lowest BCUT2D eigenvalue weighted by Gasteiger charge is -2.33. The zero-order valence-corrected chi connectivity index (χ0v) is 16.3. The maximum atomic E-state index is 13.1. The fourth-order valence-electron chi connectivity index (χ4n) is 3.27. The van der Waals surface area contributed by atoms with Crippen molar-refractivity contribution in [1.82, 2.24) is 10.2 Å². The fourth-order valence-corrected chi connectivity index (χ4v) is 3.46. The Kier molecular flexibility index (Phi) is 6.01. The Balaban J connectivity index is 1.66. The molecule has 0 aliphatic carbocycles. The molecule has 0 aromatic heterocycles. The van der Waals surface area contributed by atoms with E-state index in [-0.39, 0.29) is 11.8 Å². The molecule has 1 heterocycles. The van der Waals surface area contributed by atoms with Crippen LogP contribution in [0.3, 0.4) is 0 Å². The third-order valence-electron chi connectivity index (χ3n) is 4.74. The average molecular weight is 386 g/mol. The minimum absolute atomic E-state index is 0.0280. The molecular weight excluding hydrogens is 362 g/mol. The molecule has 2 aromatic carbocycles. The first-order valence-corrected chi connectivity index (χ1v) is 9.50. The van der Waals surface area contributed by atoms with Gasteiger partial charge in [-0.3, -0.25) is 4.79 Å². The molecule has 2 N–H and O–H groups in total. The molecule has 2 aromatic rings. The molecule has 1 atom stereocenters. The second-order valence-electron chi connectivity index (χ2n) is 7.11. The van der Waals surface area contributed by atoms with Crippen LogP contribution in [0.5, 0.6) is 0 Å². The molecule has 27 heavy (non-hydrogen) atoms. The van der Waals surface area contributed by atoms with Crippen molar-refractivity contribution >= 4 is 29.2 Å². The van der Waals surface area contributed by atoms with Crippen molar-refractivity contribution in [2.24, 2.45) is 5.92 Å². The monoisotopic (exact) mass is 385 g/mol. The van der Waals surface area contributed by atoms with E-state index in [0.717, 1.165) is 6.42 Å². The first-order valence-electron chi connectivity index (χ1n) is 9.12. The molecule has 0 unspecified atom stereocenters. The van der Waals surface area contributed by atoms with Crippen LogP contribution in [0.2, 0.25) is 5.02 Å². The zero-order valence-electron chi connectivity index (χ0n) is 15.5. The molecule has 3 amide bonds. The van der Waals surface area contributed by atoms with Crippen molar-refractivity contribution < 1.29 is 9.59 Å². The number of hydrogen-bond donors (Lipinski definition) is 2. The number of halogens is 1. The molecule has 0 bridgehead atoms. The highest BCUT2D eigenvalue weighted by molar-refractivity contribution is 6.30. The molecular formula is C21H24ClN3O2. The minimum atomic E-state index is -0.588. The van der Waals surface area contributed by atoms with Crippen molar-refractivity contribution in [1.29, 1.82) is 0 Å². The summed E-state index contributed by atoms with van der Waals surface area (Å²) in [6.07, 6.45) is 0.835. The Morgan fingerprint density at radius 1 is 1.07 bits per heavy atom. The average Bonchev–Trinajstić information content (AvgIpc) is 2.65. The van der Waals surface area contributed by atoms with Crippen LogP contribution < -0.4 is 10.6 Å². The predicted molar refractivity (Wildman–Crippen MR) is 108 cm³/mol. The molecule has 1 aliphatic rings. The number of urea groups is 1. The molecule has 3 rings (SSSR count). The maximum Gasteiger partial charge on any atom is 0.319 e. The van der Waals surface area contributed by atoms with Gasteiger partial charge in [0, 0.05) is 23.8 Å². The molecule has 5 nitrogen and oxygen atoms in total. The Morgan fingerprint density at radius 3 is 2.52 bits per heavy atom. The van der Waals surface area contributed by atoms with Crippen molar-refractivity contribution in [3.8, 4) is 0 Å². The summed E-state index contributed by atoms with van der Waals surface area (Å²) < 4.78 is 0. The Labute approximate surface area is 164 Å². The fraction of sp³-hybridized carbons (Fsp3) is 0.333. The van der Waals surface area contributed by atoms with E-state index in [9.17, 15) is 9.59 Å². The van der Waals surface area contributed by atoms with Crippen molar-refractivity contribution in [2.75, 3.05) is 11.9 Å². The predicted octanol–water partition coefficient (Wildman–Crippen LogP) is 4.07. The van der Waals surface area contributed by atoms with E-state index in [2.05, 4.69) is 22.8 Å². The molecule has 0 spiro atoms. The number of benzene rings is 2. The zero-order chi connectivity index (χ0) is 19.4. The van der Waals surface area contributed by atoms with E-state index in [1.54, 1.807) is 24.3 Å². The van der Waals surface area contributed by atoms with Gasteiger partial charge in [-0.15, -0.1) is 0 Å².